The van der Waals surface area contributed by atoms with Gasteiger partial charge in [0.05, 0.1) is 6.54 Å². The van der Waals surface area contributed by atoms with Crippen LogP contribution in [0.25, 0.3) is 11.4 Å². The van der Waals surface area contributed by atoms with Crippen molar-refractivity contribution >= 4 is 17.5 Å². The van der Waals surface area contributed by atoms with E-state index in [0.29, 0.717) is 17.0 Å². The molecule has 1 saturated heterocycles. The van der Waals surface area contributed by atoms with Gasteiger partial charge in [0, 0.05) is 36.1 Å². The fourth-order valence-electron chi connectivity index (χ4n) is 3.44. The van der Waals surface area contributed by atoms with Gasteiger partial charge in [-0.1, -0.05) is 17.3 Å². The van der Waals surface area contributed by atoms with Crippen LogP contribution in [0.1, 0.15) is 51.5 Å². The number of carbonyl (C=O) groups excluding carboxylic acids is 1. The summed E-state index contributed by atoms with van der Waals surface area (Å²) in [6, 6.07) is 5.20. The van der Waals surface area contributed by atoms with Gasteiger partial charge in [0.15, 0.2) is 0 Å². The molecule has 0 radical (unpaired) electrons. The number of aromatic nitrogens is 2. The molecule has 1 aliphatic rings. The number of hydrogen-bond acceptors (Lipinski definition) is 7. The maximum absolute atomic E-state index is 14.9. The number of anilines is 1. The van der Waals surface area contributed by atoms with E-state index in [9.17, 15) is 13.6 Å². The Morgan fingerprint density at radius 3 is 2.68 bits per heavy atom. The maximum Gasteiger partial charge on any atom is 0.410 e. The molecule has 8 nitrogen and oxygen atoms in total. The zero-order valence-corrected chi connectivity index (χ0v) is 18.3. The molecule has 1 atom stereocenters. The lowest BCUT2D eigenvalue weighted by atomic mass is 9.93. The minimum Gasteiger partial charge on any atom is -0.444 e. The van der Waals surface area contributed by atoms with E-state index in [1.54, 1.807) is 52.9 Å². The Hall–Kier alpha value is -3.04. The molecule has 2 N–H and O–H groups in total. The molecular weight excluding hydrogens is 408 g/mol. The molecule has 1 aliphatic heterocycles. The second-order valence-corrected chi connectivity index (χ2v) is 8.60. The lowest BCUT2D eigenvalue weighted by Gasteiger charge is -2.37. The van der Waals surface area contributed by atoms with Crippen LogP contribution >= 0.6 is 0 Å². The third-order valence-corrected chi connectivity index (χ3v) is 4.94. The van der Waals surface area contributed by atoms with Crippen LogP contribution in [0.3, 0.4) is 0 Å². The Balaban J connectivity index is 1.79. The predicted molar refractivity (Wildman–Crippen MR) is 112 cm³/mol. The lowest BCUT2D eigenvalue weighted by Crippen LogP contribution is -2.51. The minimum absolute atomic E-state index is 0.0262. The Kier molecular flexibility index (Phi) is 6.02. The van der Waals surface area contributed by atoms with E-state index in [2.05, 4.69) is 15.5 Å². The number of ether oxygens (including phenoxy) is 1. The zero-order chi connectivity index (χ0) is 23.0. The van der Waals surface area contributed by atoms with Crippen molar-refractivity contribution in [2.24, 2.45) is 0 Å². The van der Waals surface area contributed by atoms with E-state index < -0.39 is 30.1 Å². The van der Waals surface area contributed by atoms with Gasteiger partial charge in [-0.2, -0.15) is 4.98 Å². The topological polar surface area (TPSA) is 104 Å². The van der Waals surface area contributed by atoms with Crippen molar-refractivity contribution in [3.63, 3.8) is 0 Å². The molecule has 1 unspecified atom stereocenters. The molecule has 0 spiro atoms. The fraction of sp³-hybridized carbons (Fsp3) is 0.524. The van der Waals surface area contributed by atoms with Gasteiger partial charge in [0.2, 0.25) is 11.7 Å². The lowest BCUT2D eigenvalue weighted by molar-refractivity contribution is -0.0911. The molecule has 0 aliphatic carbocycles. The summed E-state index contributed by atoms with van der Waals surface area (Å²) in [7, 11) is 1.73. The van der Waals surface area contributed by atoms with Gasteiger partial charge >= 0.3 is 6.09 Å². The third-order valence-electron chi connectivity index (χ3n) is 4.94. The zero-order valence-electron chi connectivity index (χ0n) is 18.3. The second-order valence-electron chi connectivity index (χ2n) is 8.60. The third kappa shape index (κ3) is 5.00. The maximum atomic E-state index is 14.9. The fourth-order valence-corrected chi connectivity index (χ4v) is 3.44. The number of carbonyl (C=O) groups is 1. The highest BCUT2D eigenvalue weighted by atomic mass is 19.3. The van der Waals surface area contributed by atoms with Crippen molar-refractivity contribution < 1.29 is 22.8 Å². The van der Waals surface area contributed by atoms with E-state index in [1.807, 2.05) is 0 Å². The Labute approximate surface area is 179 Å². The quantitative estimate of drug-likeness (QED) is 0.684. The van der Waals surface area contributed by atoms with Gasteiger partial charge in [-0.25, -0.2) is 13.6 Å². The van der Waals surface area contributed by atoms with Crippen LogP contribution in [-0.4, -0.2) is 58.5 Å². The smallest absolute Gasteiger partial charge is 0.410 e. The second kappa shape index (κ2) is 8.24. The van der Waals surface area contributed by atoms with Crippen molar-refractivity contribution in [1.82, 2.24) is 15.0 Å². The van der Waals surface area contributed by atoms with Crippen molar-refractivity contribution in [1.29, 1.82) is 5.41 Å². The molecule has 1 aromatic carbocycles. The van der Waals surface area contributed by atoms with Crippen molar-refractivity contribution in [2.45, 2.75) is 51.6 Å². The first-order valence-corrected chi connectivity index (χ1v) is 9.98. The van der Waals surface area contributed by atoms with Crippen LogP contribution in [0.4, 0.5) is 19.3 Å². The average molecular weight is 435 g/mol. The first-order valence-electron chi connectivity index (χ1n) is 9.98. The van der Waals surface area contributed by atoms with Crippen molar-refractivity contribution in [3.8, 4) is 11.4 Å². The Bertz CT molecular complexity index is 984. The highest BCUT2D eigenvalue weighted by molar-refractivity contribution is 6.02. The molecule has 10 heteroatoms. The minimum atomic E-state index is -3.24. The number of piperidine rings is 1. The molecule has 2 aromatic rings. The Morgan fingerprint density at radius 1 is 1.39 bits per heavy atom. The molecular formula is C21H27F2N5O3. The number of likely N-dealkylation sites (tertiary alicyclic amines) is 1. The number of rotatable bonds is 4. The normalized spacial score (nSPS) is 18.5. The molecule has 2 heterocycles. The molecule has 168 valence electrons. The van der Waals surface area contributed by atoms with E-state index >= 15 is 0 Å². The number of halogens is 2. The first kappa shape index (κ1) is 22.6. The number of benzene rings is 1. The summed E-state index contributed by atoms with van der Waals surface area (Å²) in [6.45, 7) is 6.06. The molecule has 1 fully saturated rings. The summed E-state index contributed by atoms with van der Waals surface area (Å²) in [6.07, 6.45) is -0.792. The summed E-state index contributed by atoms with van der Waals surface area (Å²) >= 11 is 0. The average Bonchev–Trinajstić information content (AvgIpc) is 3.14. The van der Waals surface area contributed by atoms with Gasteiger partial charge in [-0.3, -0.25) is 0 Å². The highest BCUT2D eigenvalue weighted by Crippen LogP contribution is 2.40. The molecule has 0 bridgehead atoms. The van der Waals surface area contributed by atoms with Crippen LogP contribution in [0.15, 0.2) is 22.7 Å². The molecule has 3 rings (SSSR count). The number of alkyl halides is 2. The van der Waals surface area contributed by atoms with Crippen LogP contribution in [0.2, 0.25) is 0 Å². The van der Waals surface area contributed by atoms with E-state index in [4.69, 9.17) is 14.7 Å². The van der Waals surface area contributed by atoms with Crippen molar-refractivity contribution in [2.75, 3.05) is 25.5 Å². The van der Waals surface area contributed by atoms with Crippen LogP contribution in [0, 0.1) is 5.41 Å². The number of nitrogens with zero attached hydrogens (tertiary/aromatic N) is 3. The van der Waals surface area contributed by atoms with E-state index in [1.165, 1.54) is 0 Å². The Morgan fingerprint density at radius 2 is 2.10 bits per heavy atom. The SMILES string of the molecule is CNc1cc(-c2noc(C3CCN(C(=O)OC(C)(C)C)CC3(F)F)n2)ccc1C(C)=N. The van der Waals surface area contributed by atoms with E-state index in [0.717, 1.165) is 10.5 Å². The molecule has 1 aromatic heterocycles. The van der Waals surface area contributed by atoms with Crippen LogP contribution in [-0.2, 0) is 4.74 Å². The largest absolute Gasteiger partial charge is 0.444 e. The number of hydrogen-bond donors (Lipinski definition) is 2. The van der Waals surface area contributed by atoms with Gasteiger partial charge in [0.1, 0.15) is 11.5 Å². The summed E-state index contributed by atoms with van der Waals surface area (Å²) in [5.74, 6) is -4.51. The molecule has 1 amide bonds. The summed E-state index contributed by atoms with van der Waals surface area (Å²) in [4.78, 5) is 17.4. The predicted octanol–water partition coefficient (Wildman–Crippen LogP) is 4.53. The summed E-state index contributed by atoms with van der Waals surface area (Å²) in [5.41, 5.74) is 1.63. The number of nitrogens with one attached hydrogen (secondary N) is 2. The van der Waals surface area contributed by atoms with E-state index in [-0.39, 0.29) is 24.7 Å². The van der Waals surface area contributed by atoms with Gasteiger partial charge < -0.3 is 24.9 Å². The molecule has 31 heavy (non-hydrogen) atoms. The standard InChI is InChI=1S/C21H27F2N5O3/c1-12(24)14-7-6-13(10-16(14)25-5)17-26-18(31-27-17)15-8-9-28(11-21(15,22)23)19(29)30-20(2,3)4/h6-7,10,15,24-25H,8-9,11H2,1-5H3. The van der Waals surface area contributed by atoms with Crippen molar-refractivity contribution in [3.05, 3.63) is 29.7 Å². The monoisotopic (exact) mass is 435 g/mol. The number of amides is 1. The molecule has 0 saturated carbocycles. The van der Waals surface area contributed by atoms with Gasteiger partial charge in [-0.15, -0.1) is 0 Å². The summed E-state index contributed by atoms with van der Waals surface area (Å²) < 4.78 is 40.1. The summed E-state index contributed by atoms with van der Waals surface area (Å²) in [5, 5.41) is 14.7. The first-order chi connectivity index (χ1) is 14.4. The van der Waals surface area contributed by atoms with Gasteiger partial charge in [-0.05, 0) is 40.2 Å². The van der Waals surface area contributed by atoms with Crippen LogP contribution in [0.5, 0.6) is 0 Å². The van der Waals surface area contributed by atoms with Crippen LogP contribution < -0.4 is 5.32 Å². The van der Waals surface area contributed by atoms with Gasteiger partial charge in [0.25, 0.3) is 5.92 Å². The highest BCUT2D eigenvalue weighted by Gasteiger charge is 2.50.